The van der Waals surface area contributed by atoms with Gasteiger partial charge in [0.2, 0.25) is 5.95 Å². The maximum absolute atomic E-state index is 12.6. The van der Waals surface area contributed by atoms with Gasteiger partial charge in [0.15, 0.2) is 11.6 Å². The molecule has 0 unspecified atom stereocenters. The van der Waals surface area contributed by atoms with Crippen LogP contribution < -0.4 is 5.32 Å². The Balaban J connectivity index is 1.24. The number of carbonyl (C=O) groups excluding carboxylic acids is 1. The Morgan fingerprint density at radius 2 is 2.21 bits per heavy atom. The van der Waals surface area contributed by atoms with Gasteiger partial charge in [0.1, 0.15) is 0 Å². The summed E-state index contributed by atoms with van der Waals surface area (Å²) in [6.45, 7) is 4.42. The topological polar surface area (TPSA) is 101 Å². The summed E-state index contributed by atoms with van der Waals surface area (Å²) in [4.78, 5) is 30.4. The van der Waals surface area contributed by atoms with Gasteiger partial charge in [-0.25, -0.2) is 9.67 Å². The van der Waals surface area contributed by atoms with Crippen molar-refractivity contribution in [3.05, 3.63) is 59.7 Å². The fraction of sp³-hybridized carbons (Fsp3) is 0.333. The number of benzene rings is 1. The first-order chi connectivity index (χ1) is 16.1. The number of nitrogens with zero attached hydrogens (tertiary/aromatic N) is 5. The van der Waals surface area contributed by atoms with E-state index in [1.165, 1.54) is 0 Å². The predicted molar refractivity (Wildman–Crippen MR) is 124 cm³/mol. The van der Waals surface area contributed by atoms with E-state index < -0.39 is 0 Å². The van der Waals surface area contributed by atoms with Crippen LogP contribution in [0.15, 0.2) is 42.9 Å². The molecule has 0 atom stereocenters. The summed E-state index contributed by atoms with van der Waals surface area (Å²) < 4.78 is 1.77. The lowest BCUT2D eigenvalue weighted by Crippen LogP contribution is -2.17. The van der Waals surface area contributed by atoms with Crippen LogP contribution in [0.5, 0.6) is 0 Å². The second-order valence-corrected chi connectivity index (χ2v) is 8.70. The van der Waals surface area contributed by atoms with Crippen molar-refractivity contribution in [3.8, 4) is 5.82 Å². The number of ketones is 1. The zero-order valence-electron chi connectivity index (χ0n) is 18.4. The van der Waals surface area contributed by atoms with Crippen molar-refractivity contribution in [3.63, 3.8) is 0 Å². The number of nitrogens with one attached hydrogen (secondary N) is 2. The van der Waals surface area contributed by atoms with Gasteiger partial charge in [-0.15, -0.1) is 0 Å². The summed E-state index contributed by atoms with van der Waals surface area (Å²) in [6, 6.07) is 7.72. The van der Waals surface area contributed by atoms with Crippen molar-refractivity contribution in [1.29, 1.82) is 0 Å². The van der Waals surface area contributed by atoms with Crippen LogP contribution in [0.2, 0.25) is 0 Å². The molecule has 4 heterocycles. The number of aromatic amines is 1. The van der Waals surface area contributed by atoms with Crippen molar-refractivity contribution in [2.24, 2.45) is 5.92 Å². The van der Waals surface area contributed by atoms with Gasteiger partial charge >= 0.3 is 0 Å². The van der Waals surface area contributed by atoms with E-state index in [1.807, 2.05) is 48.6 Å². The summed E-state index contributed by atoms with van der Waals surface area (Å²) in [6.07, 6.45) is 8.55. The first-order valence-corrected chi connectivity index (χ1v) is 11.3. The molecule has 2 N–H and O–H groups in total. The predicted octanol–water partition coefficient (Wildman–Crippen LogP) is 3.93. The van der Waals surface area contributed by atoms with E-state index in [-0.39, 0.29) is 11.7 Å². The zero-order chi connectivity index (χ0) is 22.4. The number of rotatable bonds is 7. The van der Waals surface area contributed by atoms with Gasteiger partial charge < -0.3 is 10.3 Å². The number of carbonyl (C=O) groups is 1. The molecule has 4 aromatic rings. The summed E-state index contributed by atoms with van der Waals surface area (Å²) in [5.41, 5.74) is 4.58. The smallest absolute Gasteiger partial charge is 0.229 e. The minimum Gasteiger partial charge on any atom is -0.360 e. The van der Waals surface area contributed by atoms with E-state index in [0.717, 1.165) is 65.8 Å². The van der Waals surface area contributed by atoms with E-state index in [1.54, 1.807) is 10.9 Å². The van der Waals surface area contributed by atoms with E-state index in [0.29, 0.717) is 18.3 Å². The molecule has 0 amide bonds. The third-order valence-corrected chi connectivity index (χ3v) is 6.20. The summed E-state index contributed by atoms with van der Waals surface area (Å²) >= 11 is 0. The number of H-pyrrole nitrogens is 1. The number of fused-ring (bicyclic) bond motifs is 1. The van der Waals surface area contributed by atoms with E-state index in [9.17, 15) is 4.79 Å². The van der Waals surface area contributed by atoms with Crippen LogP contribution in [0.3, 0.4) is 0 Å². The molecule has 2 fully saturated rings. The van der Waals surface area contributed by atoms with Crippen LogP contribution in [-0.4, -0.2) is 48.7 Å². The second-order valence-electron chi connectivity index (χ2n) is 8.70. The third-order valence-electron chi connectivity index (χ3n) is 6.20. The fourth-order valence-corrected chi connectivity index (χ4v) is 4.22. The molecular weight excluding hydrogens is 418 g/mol. The maximum Gasteiger partial charge on any atom is 0.229 e. The lowest BCUT2D eigenvalue weighted by molar-refractivity contribution is -0.117. The molecule has 3 aromatic heterocycles. The Morgan fingerprint density at radius 1 is 1.30 bits per heavy atom. The van der Waals surface area contributed by atoms with Gasteiger partial charge in [0.05, 0.1) is 18.8 Å². The van der Waals surface area contributed by atoms with Crippen molar-refractivity contribution in [2.75, 3.05) is 18.5 Å². The molecule has 1 saturated heterocycles. The van der Waals surface area contributed by atoms with Crippen LogP contribution in [-0.2, 0) is 11.4 Å². The number of hydrogen-bond donors (Lipinski definition) is 2. The minimum atomic E-state index is 0.181. The van der Waals surface area contributed by atoms with Crippen LogP contribution in [0.4, 0.5) is 11.6 Å². The molecule has 0 radical (unpaired) electrons. The highest BCUT2D eigenvalue weighted by molar-refractivity contribution is 6.10. The van der Waals surface area contributed by atoms with E-state index in [4.69, 9.17) is 4.84 Å². The SMILES string of the molecule is Cc1nn(-c2ccnc(Nc3ccc4[nH]cc(C(=O)C5CC5)c4c3)n2)cc1CN1CCCO1. The standard InChI is InChI=1S/C24H25N7O2/c1-15-17(13-30-9-2-10-33-30)14-31(29-15)22-7-8-25-24(28-22)27-18-5-6-21-19(11-18)20(12-26-21)23(32)16-3-4-16/h5-8,11-12,14,16,26H,2-4,9-10,13H2,1H3,(H,25,27,28). The second kappa shape index (κ2) is 8.09. The monoisotopic (exact) mass is 443 g/mol. The van der Waals surface area contributed by atoms with Crippen LogP contribution in [0, 0.1) is 12.8 Å². The lowest BCUT2D eigenvalue weighted by Gasteiger charge is -2.12. The average Bonchev–Trinajstić information content (AvgIpc) is 3.21. The molecular formula is C24H25N7O2. The third kappa shape index (κ3) is 4.01. The molecule has 2 aliphatic rings. The van der Waals surface area contributed by atoms with Crippen LogP contribution in [0.1, 0.15) is 40.9 Å². The maximum atomic E-state index is 12.6. The van der Waals surface area contributed by atoms with Gasteiger partial charge in [-0.05, 0) is 44.4 Å². The number of Topliss-reactive ketones (excluding diaryl/α,β-unsaturated/α-hetero) is 1. The number of aryl methyl sites for hydroxylation is 1. The summed E-state index contributed by atoms with van der Waals surface area (Å²) in [7, 11) is 0. The molecule has 1 aliphatic carbocycles. The van der Waals surface area contributed by atoms with Crippen molar-refractivity contribution < 1.29 is 9.63 Å². The van der Waals surface area contributed by atoms with Crippen molar-refractivity contribution >= 4 is 28.3 Å². The lowest BCUT2D eigenvalue weighted by atomic mass is 10.1. The molecule has 33 heavy (non-hydrogen) atoms. The normalized spacial score (nSPS) is 16.5. The molecule has 1 saturated carbocycles. The fourth-order valence-electron chi connectivity index (χ4n) is 4.22. The molecule has 9 heteroatoms. The Labute approximate surface area is 190 Å². The van der Waals surface area contributed by atoms with Gasteiger partial charge in [-0.1, -0.05) is 0 Å². The number of hydroxylamine groups is 2. The van der Waals surface area contributed by atoms with Gasteiger partial charge in [-0.3, -0.25) is 9.63 Å². The first kappa shape index (κ1) is 20.1. The summed E-state index contributed by atoms with van der Waals surface area (Å²) in [5.74, 6) is 1.55. The Bertz CT molecular complexity index is 1330. The molecule has 1 aromatic carbocycles. The Morgan fingerprint density at radius 3 is 3.03 bits per heavy atom. The molecule has 1 aliphatic heterocycles. The molecule has 0 bridgehead atoms. The van der Waals surface area contributed by atoms with E-state index in [2.05, 4.69) is 25.4 Å². The van der Waals surface area contributed by atoms with E-state index >= 15 is 0 Å². The van der Waals surface area contributed by atoms with Gasteiger partial charge in [-0.2, -0.15) is 15.1 Å². The Kier molecular flexibility index (Phi) is 4.92. The average molecular weight is 444 g/mol. The van der Waals surface area contributed by atoms with Gasteiger partial charge in [0.25, 0.3) is 0 Å². The quantitative estimate of drug-likeness (QED) is 0.418. The van der Waals surface area contributed by atoms with Crippen LogP contribution >= 0.6 is 0 Å². The number of anilines is 2. The summed E-state index contributed by atoms with van der Waals surface area (Å²) in [5, 5.41) is 10.8. The highest BCUT2D eigenvalue weighted by atomic mass is 16.7. The number of hydrogen-bond acceptors (Lipinski definition) is 7. The van der Waals surface area contributed by atoms with Crippen LogP contribution in [0.25, 0.3) is 16.7 Å². The first-order valence-electron chi connectivity index (χ1n) is 11.3. The largest absolute Gasteiger partial charge is 0.360 e. The van der Waals surface area contributed by atoms with Gasteiger partial charge in [0, 0.05) is 64.8 Å². The highest BCUT2D eigenvalue weighted by Gasteiger charge is 2.31. The zero-order valence-corrected chi connectivity index (χ0v) is 18.4. The molecule has 9 nitrogen and oxygen atoms in total. The van der Waals surface area contributed by atoms with Crippen molar-refractivity contribution in [2.45, 2.75) is 32.7 Å². The highest BCUT2D eigenvalue weighted by Crippen LogP contribution is 2.35. The Hall–Kier alpha value is -3.56. The minimum absolute atomic E-state index is 0.181. The van der Waals surface area contributed by atoms with Crippen molar-refractivity contribution in [1.82, 2.24) is 29.8 Å². The number of aromatic nitrogens is 5. The molecule has 6 rings (SSSR count). The molecule has 168 valence electrons. The molecule has 0 spiro atoms.